The Morgan fingerprint density at radius 2 is 1.78 bits per heavy atom. The van der Waals surface area contributed by atoms with Crippen LogP contribution in [0.1, 0.15) is 85.0 Å². The summed E-state index contributed by atoms with van der Waals surface area (Å²) in [5.74, 6) is 4.89. The van der Waals surface area contributed by atoms with Crippen molar-refractivity contribution in [2.75, 3.05) is 0 Å². The SMILES string of the molecule is CC[C@H]1CC[C@H]2[C@@H]3CCC4CCCC(C#N)[C@]4(C)[C@H]3CC[C@]12C. The van der Waals surface area contributed by atoms with Gasteiger partial charge in [-0.05, 0) is 91.8 Å². The standard InChI is InChI=1S/C22H35N/c1-4-15-9-11-19-18-10-8-16-6-5-7-17(14-23)22(16,3)20(18)12-13-21(15,19)2/h15-20H,4-13H2,1-3H3/t15-,16?,17?,18-,19-,20-,21+,22+/m0/s1. The normalized spacial score (nSPS) is 55.4. The second-order valence-electron chi connectivity index (χ2n) is 9.86. The molecule has 0 aromatic rings. The fourth-order valence-corrected chi connectivity index (χ4v) is 8.33. The molecule has 4 fully saturated rings. The van der Waals surface area contributed by atoms with Gasteiger partial charge in [0.1, 0.15) is 0 Å². The van der Waals surface area contributed by atoms with Gasteiger partial charge in [-0.15, -0.1) is 0 Å². The van der Waals surface area contributed by atoms with Crippen molar-refractivity contribution in [3.05, 3.63) is 0 Å². The minimum absolute atomic E-state index is 0.335. The maximum Gasteiger partial charge on any atom is 0.0661 e. The third kappa shape index (κ3) is 2.03. The fraction of sp³-hybridized carbons (Fsp3) is 0.955. The zero-order valence-electron chi connectivity index (χ0n) is 15.5. The molecule has 4 aliphatic rings. The average molecular weight is 314 g/mol. The van der Waals surface area contributed by atoms with E-state index in [9.17, 15) is 5.26 Å². The molecule has 23 heavy (non-hydrogen) atoms. The number of nitriles is 1. The molecule has 0 spiro atoms. The molecule has 0 bridgehead atoms. The van der Waals surface area contributed by atoms with Crippen LogP contribution in [0.15, 0.2) is 0 Å². The summed E-state index contributed by atoms with van der Waals surface area (Å²) in [6.07, 6.45) is 14.0. The molecule has 0 saturated heterocycles. The maximum atomic E-state index is 9.85. The maximum absolute atomic E-state index is 9.85. The Morgan fingerprint density at radius 3 is 2.52 bits per heavy atom. The minimum Gasteiger partial charge on any atom is -0.198 e. The van der Waals surface area contributed by atoms with Gasteiger partial charge >= 0.3 is 0 Å². The molecule has 0 aromatic heterocycles. The zero-order chi connectivity index (χ0) is 16.2. The monoisotopic (exact) mass is 313 g/mol. The molecule has 1 nitrogen and oxygen atoms in total. The van der Waals surface area contributed by atoms with Crippen LogP contribution in [0.2, 0.25) is 0 Å². The van der Waals surface area contributed by atoms with Crippen molar-refractivity contribution in [2.45, 2.75) is 85.0 Å². The van der Waals surface area contributed by atoms with Crippen molar-refractivity contribution in [3.63, 3.8) is 0 Å². The van der Waals surface area contributed by atoms with Crippen LogP contribution >= 0.6 is 0 Å². The van der Waals surface area contributed by atoms with E-state index in [1.807, 2.05) is 0 Å². The Bertz CT molecular complexity index is 505. The summed E-state index contributed by atoms with van der Waals surface area (Å²) in [6.45, 7) is 7.58. The molecule has 1 heteroatoms. The lowest BCUT2D eigenvalue weighted by Gasteiger charge is -2.61. The van der Waals surface area contributed by atoms with Crippen molar-refractivity contribution >= 4 is 0 Å². The van der Waals surface area contributed by atoms with Gasteiger partial charge in [0.05, 0.1) is 12.0 Å². The van der Waals surface area contributed by atoms with Crippen molar-refractivity contribution in [1.29, 1.82) is 5.26 Å². The van der Waals surface area contributed by atoms with Crippen molar-refractivity contribution < 1.29 is 0 Å². The number of fused-ring (bicyclic) bond motifs is 5. The largest absolute Gasteiger partial charge is 0.198 e. The first-order valence-corrected chi connectivity index (χ1v) is 10.4. The molecule has 0 aromatic carbocycles. The Labute approximate surface area is 143 Å². The Kier molecular flexibility index (Phi) is 3.82. The summed E-state index contributed by atoms with van der Waals surface area (Å²) in [6, 6.07) is 2.77. The van der Waals surface area contributed by atoms with Crippen LogP contribution < -0.4 is 0 Å². The quantitative estimate of drug-likeness (QED) is 0.565. The lowest BCUT2D eigenvalue weighted by Crippen LogP contribution is -2.55. The minimum atomic E-state index is 0.335. The number of rotatable bonds is 1. The van der Waals surface area contributed by atoms with Crippen LogP contribution in [0.25, 0.3) is 0 Å². The number of hydrogen-bond acceptors (Lipinski definition) is 1. The van der Waals surface area contributed by atoms with Gasteiger partial charge in [0.2, 0.25) is 0 Å². The van der Waals surface area contributed by atoms with Gasteiger partial charge < -0.3 is 0 Å². The van der Waals surface area contributed by atoms with E-state index in [0.717, 1.165) is 29.6 Å². The van der Waals surface area contributed by atoms with E-state index in [-0.39, 0.29) is 0 Å². The third-order valence-electron chi connectivity index (χ3n) is 9.61. The van der Waals surface area contributed by atoms with Gasteiger partial charge in [-0.3, -0.25) is 0 Å². The molecular weight excluding hydrogens is 278 g/mol. The molecule has 0 radical (unpaired) electrons. The highest BCUT2D eigenvalue weighted by molar-refractivity contribution is 5.13. The van der Waals surface area contributed by atoms with Gasteiger partial charge in [-0.2, -0.15) is 5.26 Å². The van der Waals surface area contributed by atoms with Crippen molar-refractivity contribution in [3.8, 4) is 6.07 Å². The Balaban J connectivity index is 1.67. The highest BCUT2D eigenvalue weighted by Crippen LogP contribution is 2.68. The van der Waals surface area contributed by atoms with E-state index in [1.54, 1.807) is 0 Å². The van der Waals surface area contributed by atoms with E-state index in [1.165, 1.54) is 64.2 Å². The van der Waals surface area contributed by atoms with Crippen LogP contribution in [0.5, 0.6) is 0 Å². The molecule has 128 valence electrons. The van der Waals surface area contributed by atoms with Crippen LogP contribution in [0.3, 0.4) is 0 Å². The van der Waals surface area contributed by atoms with Gasteiger partial charge in [0, 0.05) is 0 Å². The molecule has 4 aliphatic carbocycles. The average Bonchev–Trinajstić information content (AvgIpc) is 2.90. The predicted octanol–water partition coefficient (Wildman–Crippen LogP) is 6.20. The van der Waals surface area contributed by atoms with Crippen LogP contribution in [0.4, 0.5) is 0 Å². The molecule has 4 saturated carbocycles. The third-order valence-corrected chi connectivity index (χ3v) is 9.61. The predicted molar refractivity (Wildman–Crippen MR) is 94.6 cm³/mol. The highest BCUT2D eigenvalue weighted by atomic mass is 14.7. The molecule has 0 N–H and O–H groups in total. The van der Waals surface area contributed by atoms with E-state index in [4.69, 9.17) is 0 Å². The smallest absolute Gasteiger partial charge is 0.0661 e. The Hall–Kier alpha value is -0.510. The second-order valence-corrected chi connectivity index (χ2v) is 9.86. The van der Waals surface area contributed by atoms with Crippen LogP contribution in [0, 0.1) is 57.7 Å². The molecule has 0 aliphatic heterocycles. The summed E-state index contributed by atoms with van der Waals surface area (Å²) in [7, 11) is 0. The lowest BCUT2D eigenvalue weighted by molar-refractivity contribution is -0.126. The van der Waals surface area contributed by atoms with E-state index >= 15 is 0 Å². The van der Waals surface area contributed by atoms with E-state index < -0.39 is 0 Å². The second kappa shape index (κ2) is 5.50. The molecule has 4 rings (SSSR count). The van der Waals surface area contributed by atoms with Crippen molar-refractivity contribution in [1.82, 2.24) is 0 Å². The summed E-state index contributed by atoms with van der Waals surface area (Å²) in [5.41, 5.74) is 0.956. The van der Waals surface area contributed by atoms with Crippen molar-refractivity contribution in [2.24, 2.45) is 46.3 Å². The first-order valence-electron chi connectivity index (χ1n) is 10.4. The van der Waals surface area contributed by atoms with Gasteiger partial charge in [0.25, 0.3) is 0 Å². The highest BCUT2D eigenvalue weighted by Gasteiger charge is 2.61. The summed E-state index contributed by atoms with van der Waals surface area (Å²) in [5, 5.41) is 9.85. The molecular formula is C22H35N. The number of nitrogens with zero attached hydrogens (tertiary/aromatic N) is 1. The fourth-order valence-electron chi connectivity index (χ4n) is 8.33. The summed E-state index contributed by atoms with van der Waals surface area (Å²) in [4.78, 5) is 0. The first-order chi connectivity index (χ1) is 11.1. The van der Waals surface area contributed by atoms with Crippen LogP contribution in [-0.2, 0) is 0 Å². The first kappa shape index (κ1) is 16.0. The summed E-state index contributed by atoms with van der Waals surface area (Å²) < 4.78 is 0. The van der Waals surface area contributed by atoms with E-state index in [0.29, 0.717) is 16.7 Å². The van der Waals surface area contributed by atoms with Crippen LogP contribution in [-0.4, -0.2) is 0 Å². The lowest BCUT2D eigenvalue weighted by atomic mass is 9.42. The zero-order valence-corrected chi connectivity index (χ0v) is 15.5. The van der Waals surface area contributed by atoms with E-state index in [2.05, 4.69) is 26.8 Å². The molecule has 8 atom stereocenters. The number of hydrogen-bond donors (Lipinski definition) is 0. The molecule has 0 heterocycles. The molecule has 2 unspecified atom stereocenters. The van der Waals surface area contributed by atoms with Gasteiger partial charge in [-0.25, -0.2) is 0 Å². The Morgan fingerprint density at radius 1 is 0.957 bits per heavy atom. The molecule has 0 amide bonds. The van der Waals surface area contributed by atoms with Gasteiger partial charge in [-0.1, -0.05) is 33.6 Å². The summed E-state index contributed by atoms with van der Waals surface area (Å²) >= 11 is 0. The topological polar surface area (TPSA) is 23.8 Å². The van der Waals surface area contributed by atoms with Gasteiger partial charge in [0.15, 0.2) is 0 Å².